The van der Waals surface area contributed by atoms with E-state index in [9.17, 15) is 5.11 Å². The highest BCUT2D eigenvalue weighted by molar-refractivity contribution is 5.34. The molecule has 1 aromatic carbocycles. The van der Waals surface area contributed by atoms with Crippen LogP contribution in [0.3, 0.4) is 0 Å². The summed E-state index contributed by atoms with van der Waals surface area (Å²) in [5, 5.41) is 10.6. The lowest BCUT2D eigenvalue weighted by atomic mass is 9.48. The first kappa shape index (κ1) is 19.9. The molecule has 0 spiro atoms. The van der Waals surface area contributed by atoms with Gasteiger partial charge in [0.2, 0.25) is 0 Å². The molecular weight excluding hydrogens is 358 g/mol. The smallest absolute Gasteiger partial charge is 0.137 e. The largest absolute Gasteiger partial charge is 0.491 e. The highest BCUT2D eigenvalue weighted by Crippen LogP contribution is 2.60. The second-order valence-corrected chi connectivity index (χ2v) is 11.4. The van der Waals surface area contributed by atoms with Crippen LogP contribution < -0.4 is 4.74 Å². The molecule has 1 aromatic rings. The van der Waals surface area contributed by atoms with Crippen molar-refractivity contribution in [1.29, 1.82) is 0 Å². The van der Waals surface area contributed by atoms with E-state index in [0.29, 0.717) is 12.0 Å². The van der Waals surface area contributed by atoms with E-state index >= 15 is 0 Å². The lowest BCUT2D eigenvalue weighted by molar-refractivity contribution is -0.911. The summed E-state index contributed by atoms with van der Waals surface area (Å²) in [6.07, 6.45) is 13.6. The van der Waals surface area contributed by atoms with Crippen LogP contribution in [-0.4, -0.2) is 49.0 Å². The Hall–Kier alpha value is -1.06. The maximum Gasteiger partial charge on any atom is 0.137 e. The highest BCUT2D eigenvalue weighted by atomic mass is 16.5. The predicted octanol–water partition coefficient (Wildman–Crippen LogP) is 4.91. The van der Waals surface area contributed by atoms with Gasteiger partial charge in [0.05, 0.1) is 20.1 Å². The van der Waals surface area contributed by atoms with Gasteiger partial charge in [0.1, 0.15) is 25.0 Å². The van der Waals surface area contributed by atoms with Gasteiger partial charge in [-0.3, -0.25) is 0 Å². The van der Waals surface area contributed by atoms with Gasteiger partial charge in [-0.1, -0.05) is 12.1 Å². The first-order chi connectivity index (χ1) is 14.0. The Labute approximate surface area is 177 Å². The molecular formula is C26H40NO2+. The molecule has 0 radical (unpaired) electrons. The van der Waals surface area contributed by atoms with E-state index < -0.39 is 0 Å². The molecule has 1 atom stereocenters. The third-order valence-corrected chi connectivity index (χ3v) is 8.74. The second kappa shape index (κ2) is 7.89. The topological polar surface area (TPSA) is 29.5 Å². The molecule has 1 aliphatic heterocycles. The Morgan fingerprint density at radius 3 is 2.03 bits per heavy atom. The van der Waals surface area contributed by atoms with Gasteiger partial charge in [0, 0.05) is 0 Å². The summed E-state index contributed by atoms with van der Waals surface area (Å²) in [7, 11) is 2.30. The SMILES string of the molecule is C[N+]1(CC(O)COc2ccc(C34CC5CC(CC(C5)C3)C4)cc2)CCCCCC1. The number of hydrogen-bond donors (Lipinski definition) is 1. The minimum atomic E-state index is -0.388. The van der Waals surface area contributed by atoms with Crippen LogP contribution in [0.2, 0.25) is 0 Å². The molecule has 5 fully saturated rings. The maximum atomic E-state index is 10.6. The number of likely N-dealkylation sites (tertiary alicyclic amines) is 1. The van der Waals surface area contributed by atoms with Gasteiger partial charge in [-0.05, 0) is 105 Å². The molecule has 5 aliphatic rings. The average Bonchev–Trinajstić information content (AvgIpc) is 2.90. The summed E-state index contributed by atoms with van der Waals surface area (Å²) in [5.41, 5.74) is 2.00. The van der Waals surface area contributed by atoms with Crippen LogP contribution in [0, 0.1) is 17.8 Å². The Balaban J connectivity index is 1.17. The molecule has 4 saturated carbocycles. The average molecular weight is 399 g/mol. The van der Waals surface area contributed by atoms with Crippen molar-refractivity contribution in [2.24, 2.45) is 17.8 Å². The van der Waals surface area contributed by atoms with E-state index in [-0.39, 0.29) is 6.10 Å². The fourth-order valence-electron chi connectivity index (χ4n) is 7.76. The number of nitrogens with zero attached hydrogens (tertiary/aromatic N) is 1. The molecule has 1 saturated heterocycles. The number of aliphatic hydroxyl groups excluding tert-OH is 1. The monoisotopic (exact) mass is 398 g/mol. The number of likely N-dealkylation sites (N-methyl/N-ethyl adjacent to an activating group) is 1. The van der Waals surface area contributed by atoms with Crippen LogP contribution in [-0.2, 0) is 5.41 Å². The van der Waals surface area contributed by atoms with Crippen molar-refractivity contribution in [2.75, 3.05) is 33.3 Å². The quantitative estimate of drug-likeness (QED) is 0.690. The summed E-state index contributed by atoms with van der Waals surface area (Å²) in [6.45, 7) is 3.60. The van der Waals surface area contributed by atoms with Gasteiger partial charge < -0.3 is 14.3 Å². The van der Waals surface area contributed by atoms with Crippen LogP contribution in [0.25, 0.3) is 0 Å². The van der Waals surface area contributed by atoms with Crippen LogP contribution in [0.1, 0.15) is 69.8 Å². The fraction of sp³-hybridized carbons (Fsp3) is 0.769. The molecule has 0 aromatic heterocycles. The third kappa shape index (κ3) is 4.23. The minimum Gasteiger partial charge on any atom is -0.491 e. The Bertz CT molecular complexity index is 654. The molecule has 29 heavy (non-hydrogen) atoms. The van der Waals surface area contributed by atoms with E-state index in [0.717, 1.165) is 34.5 Å². The molecule has 1 heterocycles. The lowest BCUT2D eigenvalue weighted by Gasteiger charge is -2.57. The number of benzene rings is 1. The predicted molar refractivity (Wildman–Crippen MR) is 117 cm³/mol. The van der Waals surface area contributed by atoms with Gasteiger partial charge in [-0.2, -0.15) is 0 Å². The van der Waals surface area contributed by atoms with Crippen LogP contribution in [0.4, 0.5) is 0 Å². The summed E-state index contributed by atoms with van der Waals surface area (Å²) in [4.78, 5) is 0. The number of hydrogen-bond acceptors (Lipinski definition) is 2. The molecule has 6 rings (SSSR count). The van der Waals surface area contributed by atoms with Crippen LogP contribution in [0.15, 0.2) is 24.3 Å². The van der Waals surface area contributed by atoms with E-state index in [4.69, 9.17) is 4.74 Å². The number of rotatable bonds is 6. The normalized spacial score (nSPS) is 36.6. The summed E-state index contributed by atoms with van der Waals surface area (Å²) < 4.78 is 7.00. The Morgan fingerprint density at radius 2 is 1.48 bits per heavy atom. The first-order valence-corrected chi connectivity index (χ1v) is 12.3. The van der Waals surface area contributed by atoms with Crippen molar-refractivity contribution in [1.82, 2.24) is 0 Å². The molecule has 4 aliphatic carbocycles. The molecule has 4 bridgehead atoms. The van der Waals surface area contributed by atoms with Gasteiger partial charge >= 0.3 is 0 Å². The second-order valence-electron chi connectivity index (χ2n) is 11.4. The molecule has 1 unspecified atom stereocenters. The lowest BCUT2D eigenvalue weighted by Crippen LogP contribution is -2.50. The summed E-state index contributed by atoms with van der Waals surface area (Å²) in [5.74, 6) is 3.86. The molecule has 160 valence electrons. The molecule has 3 nitrogen and oxygen atoms in total. The van der Waals surface area contributed by atoms with Gasteiger partial charge in [0.25, 0.3) is 0 Å². The highest BCUT2D eigenvalue weighted by Gasteiger charge is 2.51. The summed E-state index contributed by atoms with van der Waals surface area (Å²) in [6, 6.07) is 8.97. The van der Waals surface area contributed by atoms with Gasteiger partial charge in [0.15, 0.2) is 0 Å². The number of ether oxygens (including phenoxy) is 1. The van der Waals surface area contributed by atoms with E-state index in [1.54, 1.807) is 5.56 Å². The summed E-state index contributed by atoms with van der Waals surface area (Å²) >= 11 is 0. The number of quaternary nitrogens is 1. The number of aliphatic hydroxyl groups is 1. The van der Waals surface area contributed by atoms with Crippen LogP contribution >= 0.6 is 0 Å². The Morgan fingerprint density at radius 1 is 0.931 bits per heavy atom. The van der Waals surface area contributed by atoms with Crippen molar-refractivity contribution in [2.45, 2.75) is 75.7 Å². The van der Waals surface area contributed by atoms with E-state index in [2.05, 4.69) is 31.3 Å². The minimum absolute atomic E-state index is 0.388. The maximum absolute atomic E-state index is 10.6. The molecule has 3 heteroatoms. The molecule has 0 amide bonds. The van der Waals surface area contributed by atoms with Gasteiger partial charge in [-0.15, -0.1) is 0 Å². The fourth-order valence-corrected chi connectivity index (χ4v) is 7.76. The van der Waals surface area contributed by atoms with E-state index in [1.807, 2.05) is 0 Å². The van der Waals surface area contributed by atoms with Crippen molar-refractivity contribution < 1.29 is 14.3 Å². The molecule has 1 N–H and O–H groups in total. The first-order valence-electron chi connectivity index (χ1n) is 12.3. The zero-order chi connectivity index (χ0) is 19.9. The van der Waals surface area contributed by atoms with Crippen molar-refractivity contribution >= 4 is 0 Å². The van der Waals surface area contributed by atoms with Crippen molar-refractivity contribution in [3.8, 4) is 5.75 Å². The zero-order valence-electron chi connectivity index (χ0n) is 18.3. The van der Waals surface area contributed by atoms with Gasteiger partial charge in [-0.25, -0.2) is 0 Å². The standard InChI is InChI=1S/C26H40NO2/c1-27(10-4-2-3-5-11-27)18-24(28)19-29-25-8-6-23(7-9-25)26-15-20-12-21(16-26)14-22(13-20)17-26/h6-9,20-22,24,28H,2-5,10-19H2,1H3/q+1. The van der Waals surface area contributed by atoms with Crippen molar-refractivity contribution in [3.05, 3.63) is 29.8 Å². The third-order valence-electron chi connectivity index (χ3n) is 8.74. The van der Waals surface area contributed by atoms with Crippen molar-refractivity contribution in [3.63, 3.8) is 0 Å². The Kier molecular flexibility index (Phi) is 5.41. The van der Waals surface area contributed by atoms with E-state index in [1.165, 1.54) is 77.3 Å². The zero-order valence-corrected chi connectivity index (χ0v) is 18.3. The van der Waals surface area contributed by atoms with Crippen LogP contribution in [0.5, 0.6) is 5.75 Å².